The molecule has 0 aliphatic rings. The predicted octanol–water partition coefficient (Wildman–Crippen LogP) is 5.15. The minimum atomic E-state index is 0.341. The maximum Gasteiger partial charge on any atom is 0.162 e. The van der Waals surface area contributed by atoms with Crippen LogP contribution in [0, 0.1) is 6.92 Å². The van der Waals surface area contributed by atoms with Gasteiger partial charge in [0.1, 0.15) is 5.82 Å². The molecule has 2 N–H and O–H groups in total. The molecule has 0 radical (unpaired) electrons. The molecule has 0 aliphatic heterocycles. The number of fused-ring (bicyclic) bond motifs is 1. The Balaban J connectivity index is 2.30. The quantitative estimate of drug-likeness (QED) is 0.667. The van der Waals surface area contributed by atoms with Crippen molar-refractivity contribution >= 4 is 51.5 Å². The highest BCUT2D eigenvalue weighted by molar-refractivity contribution is 6.38. The monoisotopic (exact) mass is 337 g/mol. The van der Waals surface area contributed by atoms with Gasteiger partial charge in [-0.1, -0.05) is 34.8 Å². The Hall–Kier alpha value is -1.55. The number of nitrogens with zero attached hydrogens (tertiary/aromatic N) is 2. The molecule has 2 aromatic carbocycles. The molecule has 3 nitrogen and oxygen atoms in total. The van der Waals surface area contributed by atoms with Gasteiger partial charge in [-0.3, -0.25) is 0 Å². The second-order valence-corrected chi connectivity index (χ2v) is 5.96. The lowest BCUT2D eigenvalue weighted by Gasteiger charge is -2.09. The molecule has 0 spiro atoms. The van der Waals surface area contributed by atoms with E-state index in [-0.39, 0.29) is 0 Å². The van der Waals surface area contributed by atoms with Crippen molar-refractivity contribution in [2.24, 2.45) is 0 Å². The number of rotatable bonds is 1. The minimum absolute atomic E-state index is 0.341. The second kappa shape index (κ2) is 5.34. The van der Waals surface area contributed by atoms with Gasteiger partial charge in [-0.2, -0.15) is 0 Å². The van der Waals surface area contributed by atoms with E-state index in [0.29, 0.717) is 37.6 Å². The van der Waals surface area contributed by atoms with E-state index in [9.17, 15) is 0 Å². The Morgan fingerprint density at radius 1 is 0.952 bits per heavy atom. The lowest BCUT2D eigenvalue weighted by Crippen LogP contribution is -1.99. The van der Waals surface area contributed by atoms with Crippen LogP contribution in [0.2, 0.25) is 15.1 Å². The summed E-state index contributed by atoms with van der Waals surface area (Å²) in [6, 6.07) is 8.84. The third-order valence-corrected chi connectivity index (χ3v) is 3.92. The first-order valence-electron chi connectivity index (χ1n) is 6.14. The normalized spacial score (nSPS) is 11.0. The molecule has 0 aliphatic carbocycles. The summed E-state index contributed by atoms with van der Waals surface area (Å²) in [4.78, 5) is 8.86. The summed E-state index contributed by atoms with van der Waals surface area (Å²) in [5.41, 5.74) is 8.42. The van der Waals surface area contributed by atoms with Crippen LogP contribution >= 0.6 is 34.8 Å². The van der Waals surface area contributed by atoms with E-state index in [1.807, 2.05) is 19.1 Å². The number of benzene rings is 2. The van der Waals surface area contributed by atoms with Crippen molar-refractivity contribution in [3.05, 3.63) is 51.0 Å². The summed E-state index contributed by atoms with van der Waals surface area (Å²) in [6.45, 7) is 1.94. The van der Waals surface area contributed by atoms with E-state index in [1.165, 1.54) is 0 Å². The molecule has 0 amide bonds. The Bertz CT molecular complexity index is 862. The summed E-state index contributed by atoms with van der Waals surface area (Å²) >= 11 is 18.2. The molecular weight excluding hydrogens is 329 g/mol. The molecule has 0 bridgehead atoms. The van der Waals surface area contributed by atoms with Crippen LogP contribution in [0.4, 0.5) is 5.82 Å². The van der Waals surface area contributed by atoms with Gasteiger partial charge in [0.05, 0.1) is 10.5 Å². The van der Waals surface area contributed by atoms with Crippen molar-refractivity contribution in [3.8, 4) is 11.4 Å². The SMILES string of the molecule is Cc1cc(Cl)ccc1-c1nc(N)c2cc(Cl)cc(Cl)c2n1. The Morgan fingerprint density at radius 2 is 1.71 bits per heavy atom. The highest BCUT2D eigenvalue weighted by Gasteiger charge is 2.12. The zero-order valence-electron chi connectivity index (χ0n) is 11.0. The van der Waals surface area contributed by atoms with Crippen LogP contribution in [0.3, 0.4) is 0 Å². The molecule has 6 heteroatoms. The topological polar surface area (TPSA) is 51.8 Å². The zero-order valence-corrected chi connectivity index (χ0v) is 13.3. The number of hydrogen-bond donors (Lipinski definition) is 1. The average Bonchev–Trinajstić information content (AvgIpc) is 2.40. The summed E-state index contributed by atoms with van der Waals surface area (Å²) < 4.78 is 0. The highest BCUT2D eigenvalue weighted by atomic mass is 35.5. The second-order valence-electron chi connectivity index (χ2n) is 4.68. The zero-order chi connectivity index (χ0) is 15.1. The predicted molar refractivity (Wildman–Crippen MR) is 89.2 cm³/mol. The maximum atomic E-state index is 6.21. The van der Waals surface area contributed by atoms with Gasteiger partial charge in [-0.15, -0.1) is 0 Å². The Kier molecular flexibility index (Phi) is 3.66. The average molecular weight is 339 g/mol. The van der Waals surface area contributed by atoms with Crippen molar-refractivity contribution < 1.29 is 0 Å². The molecular formula is C15H10Cl3N3. The number of aromatic nitrogens is 2. The number of nitrogen functional groups attached to an aromatic ring is 1. The molecule has 1 aromatic heterocycles. The van der Waals surface area contributed by atoms with Crippen LogP contribution in [-0.4, -0.2) is 9.97 Å². The number of nitrogens with two attached hydrogens (primary N) is 1. The van der Waals surface area contributed by atoms with Crippen LogP contribution in [0.25, 0.3) is 22.3 Å². The van der Waals surface area contributed by atoms with Crippen LogP contribution < -0.4 is 5.73 Å². The van der Waals surface area contributed by atoms with Crippen LogP contribution in [0.1, 0.15) is 5.56 Å². The molecule has 1 heterocycles. The smallest absolute Gasteiger partial charge is 0.162 e. The van der Waals surface area contributed by atoms with E-state index in [1.54, 1.807) is 18.2 Å². The molecule has 3 aromatic rings. The summed E-state index contributed by atoms with van der Waals surface area (Å²) in [5.74, 6) is 0.854. The third-order valence-electron chi connectivity index (χ3n) is 3.18. The lowest BCUT2D eigenvalue weighted by atomic mass is 10.1. The van der Waals surface area contributed by atoms with Crippen LogP contribution in [0.5, 0.6) is 0 Å². The van der Waals surface area contributed by atoms with E-state index < -0.39 is 0 Å². The van der Waals surface area contributed by atoms with E-state index in [4.69, 9.17) is 40.5 Å². The van der Waals surface area contributed by atoms with Crippen LogP contribution in [-0.2, 0) is 0 Å². The maximum absolute atomic E-state index is 6.21. The lowest BCUT2D eigenvalue weighted by molar-refractivity contribution is 1.22. The van der Waals surface area contributed by atoms with Crippen molar-refractivity contribution in [2.45, 2.75) is 6.92 Å². The molecule has 106 valence electrons. The van der Waals surface area contributed by atoms with Crippen molar-refractivity contribution in [3.63, 3.8) is 0 Å². The Labute approximate surface area is 136 Å². The molecule has 0 atom stereocenters. The van der Waals surface area contributed by atoms with Crippen molar-refractivity contribution in [1.29, 1.82) is 0 Å². The summed E-state index contributed by atoms with van der Waals surface area (Å²) in [5, 5.41) is 2.25. The standard InChI is InChI=1S/C15H10Cl3N3/c1-7-4-8(16)2-3-10(7)15-20-13-11(14(19)21-15)5-9(17)6-12(13)18/h2-6H,1H3,(H2,19,20,21). The summed E-state index contributed by atoms with van der Waals surface area (Å²) in [6.07, 6.45) is 0. The molecule has 0 fully saturated rings. The van der Waals surface area contributed by atoms with Gasteiger partial charge in [0.2, 0.25) is 0 Å². The minimum Gasteiger partial charge on any atom is -0.383 e. The van der Waals surface area contributed by atoms with Gasteiger partial charge in [0.25, 0.3) is 0 Å². The van der Waals surface area contributed by atoms with E-state index in [0.717, 1.165) is 11.1 Å². The van der Waals surface area contributed by atoms with Gasteiger partial charge in [-0.25, -0.2) is 9.97 Å². The number of aryl methyl sites for hydroxylation is 1. The number of hydrogen-bond acceptors (Lipinski definition) is 3. The highest BCUT2D eigenvalue weighted by Crippen LogP contribution is 2.32. The Morgan fingerprint density at radius 3 is 2.43 bits per heavy atom. The fourth-order valence-corrected chi connectivity index (χ4v) is 2.94. The van der Waals surface area contributed by atoms with Crippen molar-refractivity contribution in [1.82, 2.24) is 9.97 Å². The van der Waals surface area contributed by atoms with Crippen molar-refractivity contribution in [2.75, 3.05) is 5.73 Å². The van der Waals surface area contributed by atoms with Gasteiger partial charge in [-0.05, 0) is 42.8 Å². The molecule has 0 saturated carbocycles. The first-order valence-corrected chi connectivity index (χ1v) is 7.28. The van der Waals surface area contributed by atoms with Gasteiger partial charge < -0.3 is 5.73 Å². The van der Waals surface area contributed by atoms with Gasteiger partial charge >= 0.3 is 0 Å². The van der Waals surface area contributed by atoms with E-state index >= 15 is 0 Å². The molecule has 21 heavy (non-hydrogen) atoms. The van der Waals surface area contributed by atoms with Gasteiger partial charge in [0.15, 0.2) is 5.82 Å². The summed E-state index contributed by atoms with van der Waals surface area (Å²) in [7, 11) is 0. The molecule has 3 rings (SSSR count). The largest absolute Gasteiger partial charge is 0.383 e. The van der Waals surface area contributed by atoms with Gasteiger partial charge in [0, 0.05) is 21.0 Å². The fraction of sp³-hybridized carbons (Fsp3) is 0.0667. The van der Waals surface area contributed by atoms with Crippen LogP contribution in [0.15, 0.2) is 30.3 Å². The number of anilines is 1. The third kappa shape index (κ3) is 2.64. The first kappa shape index (κ1) is 14.4. The molecule has 0 saturated heterocycles. The molecule has 0 unspecified atom stereocenters. The van der Waals surface area contributed by atoms with E-state index in [2.05, 4.69) is 9.97 Å². The first-order chi connectivity index (χ1) is 9.95. The number of halogens is 3. The fourth-order valence-electron chi connectivity index (χ4n) is 2.18.